The molecule has 1 aromatic carbocycles. The number of ether oxygens (including phenoxy) is 1. The van der Waals surface area contributed by atoms with Gasteiger partial charge in [-0.2, -0.15) is 4.31 Å². The molecule has 0 aliphatic heterocycles. The van der Waals surface area contributed by atoms with Gasteiger partial charge in [0.05, 0.1) is 17.2 Å². The van der Waals surface area contributed by atoms with Gasteiger partial charge in [-0.15, -0.1) is 0 Å². The van der Waals surface area contributed by atoms with Crippen molar-refractivity contribution in [3.05, 3.63) is 54.0 Å². The van der Waals surface area contributed by atoms with Crippen LogP contribution in [0.25, 0.3) is 0 Å². The van der Waals surface area contributed by atoms with Crippen molar-refractivity contribution in [2.45, 2.75) is 44.7 Å². The van der Waals surface area contributed by atoms with Crippen molar-refractivity contribution in [3.63, 3.8) is 0 Å². The molecule has 30 heavy (non-hydrogen) atoms. The van der Waals surface area contributed by atoms with E-state index >= 15 is 0 Å². The summed E-state index contributed by atoms with van der Waals surface area (Å²) in [4.78, 5) is 12.3. The second-order valence-electron chi connectivity index (χ2n) is 6.77. The molecule has 0 aliphatic rings. The molecule has 2 aromatic rings. The Hall–Kier alpha value is -2.36. The van der Waals surface area contributed by atoms with Crippen molar-refractivity contribution in [1.29, 1.82) is 0 Å². The fraction of sp³-hybridized carbons (Fsp3) is 0.476. The summed E-state index contributed by atoms with van der Waals surface area (Å²) >= 11 is 0. The van der Waals surface area contributed by atoms with E-state index in [-0.39, 0.29) is 17.0 Å². The maximum absolute atomic E-state index is 12.5. The third-order valence-corrected chi connectivity index (χ3v) is 6.71. The Balaban J connectivity index is 1.74. The van der Waals surface area contributed by atoms with Crippen LogP contribution in [0.3, 0.4) is 0 Å². The van der Waals surface area contributed by atoms with Crippen LogP contribution in [-0.4, -0.2) is 45.0 Å². The zero-order valence-corrected chi connectivity index (χ0v) is 18.6. The fourth-order valence-electron chi connectivity index (χ4n) is 2.92. The van der Waals surface area contributed by atoms with E-state index in [1.54, 1.807) is 30.5 Å². The lowest BCUT2D eigenvalue weighted by atomic mass is 10.1. The van der Waals surface area contributed by atoms with Gasteiger partial charge in [0.25, 0.3) is 0 Å². The molecule has 0 bridgehead atoms. The highest BCUT2D eigenvalue weighted by Gasteiger charge is 2.21. The lowest BCUT2D eigenvalue weighted by Crippen LogP contribution is -2.37. The molecule has 0 radical (unpaired) electrons. The van der Waals surface area contributed by atoms with Gasteiger partial charge in [0.1, 0.15) is 12.4 Å². The summed E-state index contributed by atoms with van der Waals surface area (Å²) in [6.45, 7) is 7.72. The molecule has 0 fully saturated rings. The zero-order valence-electron chi connectivity index (χ0n) is 17.8. The molecule has 0 saturated carbocycles. The van der Waals surface area contributed by atoms with Crippen LogP contribution in [0.5, 0.6) is 0 Å². The Morgan fingerprint density at radius 2 is 1.87 bits per heavy atom. The first-order chi connectivity index (χ1) is 14.4. The molecule has 2 amide bonds. The Bertz CT molecular complexity index is 863. The highest BCUT2D eigenvalue weighted by molar-refractivity contribution is 7.89. The van der Waals surface area contributed by atoms with Gasteiger partial charge in [-0.3, -0.25) is 0 Å². The van der Waals surface area contributed by atoms with Crippen molar-refractivity contribution in [3.8, 4) is 0 Å². The smallest absolute Gasteiger partial charge is 0.315 e. The number of amides is 2. The number of benzene rings is 1. The average molecular weight is 438 g/mol. The van der Waals surface area contributed by atoms with E-state index in [2.05, 4.69) is 10.6 Å². The maximum Gasteiger partial charge on any atom is 0.315 e. The van der Waals surface area contributed by atoms with Gasteiger partial charge in [-0.05, 0) is 43.2 Å². The van der Waals surface area contributed by atoms with Gasteiger partial charge in [0.15, 0.2) is 0 Å². The molecule has 1 unspecified atom stereocenters. The second-order valence-corrected chi connectivity index (χ2v) is 8.70. The number of carbonyl (C=O) groups excluding carboxylic acids is 1. The minimum atomic E-state index is -3.49. The lowest BCUT2D eigenvalue weighted by Gasteiger charge is -2.19. The van der Waals surface area contributed by atoms with Crippen LogP contribution in [0, 0.1) is 0 Å². The van der Waals surface area contributed by atoms with Gasteiger partial charge in [0.2, 0.25) is 10.0 Å². The molecule has 9 heteroatoms. The van der Waals surface area contributed by atoms with Crippen LogP contribution in [0.15, 0.2) is 52.0 Å². The predicted octanol–water partition coefficient (Wildman–Crippen LogP) is 3.28. The molecular weight excluding hydrogens is 406 g/mol. The molecule has 166 valence electrons. The number of urea groups is 1. The van der Waals surface area contributed by atoms with Gasteiger partial charge in [0, 0.05) is 26.2 Å². The first-order valence-corrected chi connectivity index (χ1v) is 11.6. The Kier molecular flexibility index (Phi) is 9.35. The van der Waals surface area contributed by atoms with E-state index in [9.17, 15) is 13.2 Å². The molecule has 8 nitrogen and oxygen atoms in total. The maximum atomic E-state index is 12.5. The highest BCUT2D eigenvalue weighted by Crippen LogP contribution is 2.19. The molecule has 0 saturated heterocycles. The van der Waals surface area contributed by atoms with Crippen molar-refractivity contribution in [2.24, 2.45) is 0 Å². The number of furan rings is 1. The van der Waals surface area contributed by atoms with Crippen molar-refractivity contribution in [1.82, 2.24) is 14.9 Å². The van der Waals surface area contributed by atoms with Gasteiger partial charge in [-0.1, -0.05) is 26.0 Å². The minimum Gasteiger partial charge on any atom is -0.467 e. The summed E-state index contributed by atoms with van der Waals surface area (Å²) in [6.07, 6.45) is 2.28. The van der Waals surface area contributed by atoms with Crippen molar-refractivity contribution >= 4 is 16.1 Å². The summed E-state index contributed by atoms with van der Waals surface area (Å²) in [5, 5.41) is 5.63. The quantitative estimate of drug-likeness (QED) is 0.496. The molecule has 1 atom stereocenters. The average Bonchev–Trinajstić information content (AvgIpc) is 3.25. The molecule has 2 N–H and O–H groups in total. The van der Waals surface area contributed by atoms with E-state index in [4.69, 9.17) is 9.15 Å². The number of sulfonamides is 1. The minimum absolute atomic E-state index is 0.251. The van der Waals surface area contributed by atoms with E-state index < -0.39 is 10.0 Å². The molecule has 1 aromatic heterocycles. The first-order valence-electron chi connectivity index (χ1n) is 10.1. The van der Waals surface area contributed by atoms with E-state index in [1.165, 1.54) is 4.31 Å². The normalized spacial score (nSPS) is 12.7. The van der Waals surface area contributed by atoms with Crippen LogP contribution in [0.2, 0.25) is 0 Å². The SMILES string of the molecule is CCN(CC)S(=O)(=O)c1ccc(C(C)NC(=O)NCCCOCc2ccco2)cc1. The highest BCUT2D eigenvalue weighted by atomic mass is 32.2. The number of carbonyl (C=O) groups is 1. The van der Waals surface area contributed by atoms with Crippen LogP contribution in [-0.2, 0) is 21.4 Å². The van der Waals surface area contributed by atoms with Crippen LogP contribution in [0.4, 0.5) is 4.79 Å². The third-order valence-electron chi connectivity index (χ3n) is 4.65. The standard InChI is InChI=1S/C21H31N3O5S/c1-4-24(5-2)30(26,27)20-11-9-18(10-12-20)17(3)23-21(25)22-13-7-14-28-16-19-8-6-15-29-19/h6,8-12,15,17H,4-5,7,13-14,16H2,1-3H3,(H2,22,23,25). The third kappa shape index (κ3) is 6.86. The summed E-state index contributed by atoms with van der Waals surface area (Å²) in [6, 6.07) is 9.72. The van der Waals surface area contributed by atoms with E-state index in [1.807, 2.05) is 32.9 Å². The Morgan fingerprint density at radius 1 is 1.17 bits per heavy atom. The number of nitrogens with one attached hydrogen (secondary N) is 2. The van der Waals surface area contributed by atoms with E-state index in [0.717, 1.165) is 11.3 Å². The monoisotopic (exact) mass is 437 g/mol. The van der Waals surface area contributed by atoms with Gasteiger partial charge in [-0.25, -0.2) is 13.2 Å². The Morgan fingerprint density at radius 3 is 2.47 bits per heavy atom. The van der Waals surface area contributed by atoms with Gasteiger partial charge >= 0.3 is 6.03 Å². The largest absolute Gasteiger partial charge is 0.467 e. The zero-order chi connectivity index (χ0) is 22.0. The Labute approximate surface area is 178 Å². The second kappa shape index (κ2) is 11.7. The van der Waals surface area contributed by atoms with E-state index in [0.29, 0.717) is 39.3 Å². The summed E-state index contributed by atoms with van der Waals surface area (Å²) < 4.78 is 37.1. The predicted molar refractivity (Wildman–Crippen MR) is 114 cm³/mol. The molecule has 0 aliphatic carbocycles. The summed E-state index contributed by atoms with van der Waals surface area (Å²) in [7, 11) is -3.49. The number of rotatable bonds is 12. The molecule has 0 spiro atoms. The summed E-state index contributed by atoms with van der Waals surface area (Å²) in [5.41, 5.74) is 0.824. The molecular formula is C21H31N3O5S. The van der Waals surface area contributed by atoms with Crippen molar-refractivity contribution in [2.75, 3.05) is 26.2 Å². The lowest BCUT2D eigenvalue weighted by molar-refractivity contribution is 0.104. The summed E-state index contributed by atoms with van der Waals surface area (Å²) in [5.74, 6) is 0.769. The van der Waals surface area contributed by atoms with Gasteiger partial charge < -0.3 is 19.8 Å². The topological polar surface area (TPSA) is 101 Å². The molecule has 1 heterocycles. The van der Waals surface area contributed by atoms with Crippen LogP contribution < -0.4 is 10.6 Å². The fourth-order valence-corrected chi connectivity index (χ4v) is 4.37. The van der Waals surface area contributed by atoms with Crippen LogP contribution >= 0.6 is 0 Å². The van der Waals surface area contributed by atoms with Crippen LogP contribution in [0.1, 0.15) is 44.6 Å². The van der Waals surface area contributed by atoms with Crippen molar-refractivity contribution < 1.29 is 22.4 Å². The number of hydrogen-bond acceptors (Lipinski definition) is 5. The number of hydrogen-bond donors (Lipinski definition) is 2. The molecule has 2 rings (SSSR count). The number of nitrogens with zero attached hydrogens (tertiary/aromatic N) is 1. The first kappa shape index (κ1) is 23.9.